The van der Waals surface area contributed by atoms with Crippen LogP contribution in [-0.2, 0) is 84.3 Å². The molecule has 16 heteroatoms. The second-order valence-corrected chi connectivity index (χ2v) is 18.7. The predicted molar refractivity (Wildman–Crippen MR) is 232 cm³/mol. The Bertz CT molecular complexity index is 2030. The van der Waals surface area contributed by atoms with E-state index in [-0.39, 0.29) is 19.8 Å². The normalized spacial score (nSPS) is 40.7. The van der Waals surface area contributed by atoms with Crippen LogP contribution in [0.1, 0.15) is 71.4 Å². The number of hydrogen-bond donors (Lipinski definition) is 1. The lowest BCUT2D eigenvalue weighted by atomic mass is 9.94. The van der Waals surface area contributed by atoms with Gasteiger partial charge in [0.25, 0.3) is 0 Å². The van der Waals surface area contributed by atoms with Gasteiger partial charge in [-0.2, -0.15) is 0 Å². The maximum atomic E-state index is 11.9. The fraction of sp³-hybridized carbons (Fsp3) is 0.620. The molecule has 0 amide bonds. The van der Waals surface area contributed by atoms with E-state index in [1.165, 1.54) is 6.92 Å². The molecule has 1 N–H and O–H groups in total. The summed E-state index contributed by atoms with van der Waals surface area (Å²) in [6.45, 7) is 13.6. The Balaban J connectivity index is 0.930. The summed E-state index contributed by atoms with van der Waals surface area (Å²) >= 11 is 0. The maximum absolute atomic E-state index is 11.9. The van der Waals surface area contributed by atoms with Crippen molar-refractivity contribution in [2.45, 2.75) is 171 Å². The molecule has 9 rings (SSSR count). The molecule has 18 atom stereocenters. The Hall–Kier alpha value is -3.43. The summed E-state index contributed by atoms with van der Waals surface area (Å²) in [5.74, 6) is -2.00. The van der Waals surface area contributed by atoms with Crippen molar-refractivity contribution in [3.05, 3.63) is 108 Å². The van der Waals surface area contributed by atoms with E-state index < -0.39 is 122 Å². The molecule has 0 bridgehead atoms. The second kappa shape index (κ2) is 20.3. The van der Waals surface area contributed by atoms with Crippen molar-refractivity contribution in [1.82, 2.24) is 0 Å². The first kappa shape index (κ1) is 47.6. The lowest BCUT2D eigenvalue weighted by Gasteiger charge is -2.48. The van der Waals surface area contributed by atoms with Crippen LogP contribution in [0.5, 0.6) is 0 Å². The highest BCUT2D eigenvalue weighted by Crippen LogP contribution is 2.47. The molecule has 16 nitrogen and oxygen atoms in total. The Kier molecular flexibility index (Phi) is 14.6. The zero-order valence-corrected chi connectivity index (χ0v) is 38.6. The predicted octanol–water partition coefficient (Wildman–Crippen LogP) is 5.51. The Morgan fingerprint density at radius 3 is 1.97 bits per heavy atom. The van der Waals surface area contributed by atoms with Crippen molar-refractivity contribution in [2.75, 3.05) is 19.8 Å². The quantitative estimate of drug-likeness (QED) is 0.190. The lowest BCUT2D eigenvalue weighted by Crippen LogP contribution is -2.63. The Labute approximate surface area is 386 Å². The number of carbonyl (C=O) groups excluding carboxylic acids is 1. The molecule has 6 fully saturated rings. The van der Waals surface area contributed by atoms with Gasteiger partial charge in [0.1, 0.15) is 48.3 Å². The van der Waals surface area contributed by atoms with Gasteiger partial charge in [0.15, 0.2) is 37.1 Å². The number of carbonyl (C=O) groups is 1. The molecule has 6 saturated heterocycles. The summed E-state index contributed by atoms with van der Waals surface area (Å²) in [5.41, 5.74) is 1.95. The van der Waals surface area contributed by atoms with E-state index in [0.717, 1.165) is 16.7 Å². The van der Waals surface area contributed by atoms with Gasteiger partial charge in [0.2, 0.25) is 0 Å². The minimum atomic E-state index is -1.19. The first-order valence-corrected chi connectivity index (χ1v) is 23.1. The minimum Gasteiger partial charge on any atom is -0.457 e. The number of hydrogen-bond acceptors (Lipinski definition) is 16. The number of rotatable bonds is 15. The fourth-order valence-electron chi connectivity index (χ4n) is 9.93. The molecule has 0 aromatic heterocycles. The van der Waals surface area contributed by atoms with E-state index in [9.17, 15) is 9.90 Å². The highest BCUT2D eigenvalue weighted by molar-refractivity contribution is 5.66. The van der Waals surface area contributed by atoms with E-state index in [1.54, 1.807) is 13.8 Å². The third-order valence-corrected chi connectivity index (χ3v) is 13.2. The van der Waals surface area contributed by atoms with Crippen molar-refractivity contribution in [3.8, 4) is 0 Å². The fourth-order valence-corrected chi connectivity index (χ4v) is 9.93. The van der Waals surface area contributed by atoms with Gasteiger partial charge in [-0.25, -0.2) is 0 Å². The molecule has 3 aromatic rings. The summed E-state index contributed by atoms with van der Waals surface area (Å²) in [6, 6.07) is 29.7. The molecule has 0 saturated carbocycles. The van der Waals surface area contributed by atoms with Gasteiger partial charge >= 0.3 is 5.97 Å². The monoisotopic (exact) mass is 920 g/mol. The zero-order chi connectivity index (χ0) is 46.2. The second-order valence-electron chi connectivity index (χ2n) is 18.7. The summed E-state index contributed by atoms with van der Waals surface area (Å²) in [4.78, 5) is 11.9. The van der Waals surface area contributed by atoms with Gasteiger partial charge in [-0.15, -0.1) is 0 Å². The topological polar surface area (TPSA) is 167 Å². The maximum Gasteiger partial charge on any atom is 0.303 e. The molecule has 6 aliphatic heterocycles. The van der Waals surface area contributed by atoms with Gasteiger partial charge in [-0.05, 0) is 45.7 Å². The van der Waals surface area contributed by atoms with Gasteiger partial charge in [0.05, 0.1) is 57.5 Å². The van der Waals surface area contributed by atoms with Crippen LogP contribution in [-0.4, -0.2) is 134 Å². The van der Waals surface area contributed by atoms with E-state index in [4.69, 9.17) is 66.3 Å². The minimum absolute atomic E-state index is 0.142. The van der Waals surface area contributed by atoms with Crippen LogP contribution in [0, 0.1) is 5.92 Å². The lowest BCUT2D eigenvalue weighted by molar-refractivity contribution is -0.350. The highest BCUT2D eigenvalue weighted by atomic mass is 16.8. The summed E-state index contributed by atoms with van der Waals surface area (Å²) in [6.07, 6.45) is -12.0. The molecule has 0 spiro atoms. The molecular formula is C50H64O16. The number of aliphatic hydroxyl groups is 1. The SMILES string of the molecule is CC(=O)O[C@H]1C(C)O[C@@H](C)C(O[C@@H]2OC(C)[C@H](O[C@@H]3OC[C@@H](OCc4ccccc4)C(O[C@@H]4OC[C@]5(COCc6ccccc6)O[C@@H](c6ccccc6)OC45)C3C)C3OC(C)(C)OC32)C1O. The van der Waals surface area contributed by atoms with E-state index in [0.29, 0.717) is 13.2 Å². The number of fused-ring (bicyclic) bond motifs is 2. The molecule has 9 unspecified atom stereocenters. The summed E-state index contributed by atoms with van der Waals surface area (Å²) in [7, 11) is 0. The molecule has 66 heavy (non-hydrogen) atoms. The van der Waals surface area contributed by atoms with Gasteiger partial charge in [0, 0.05) is 18.4 Å². The van der Waals surface area contributed by atoms with Crippen LogP contribution in [0.2, 0.25) is 0 Å². The van der Waals surface area contributed by atoms with Gasteiger partial charge in [-0.3, -0.25) is 4.79 Å². The number of ether oxygens (including phenoxy) is 14. The van der Waals surface area contributed by atoms with E-state index in [2.05, 4.69) is 0 Å². The Morgan fingerprint density at radius 1 is 0.667 bits per heavy atom. The molecule has 360 valence electrons. The molecule has 0 aliphatic carbocycles. The van der Waals surface area contributed by atoms with Crippen LogP contribution >= 0.6 is 0 Å². The standard InChI is InChI=1S/C50H64O16/c1-28-38(60-48-44-50(27-56-48,26-53-23-33-17-11-8-12-18-33)66-46(63-44)35-21-15-10-16-22-35)36(54-24-34-19-13-9-14-20-34)25-55-45(28)62-41-31(4)58-47(43-42(41)64-49(6,7)65-43)61-40-30(3)57-29(2)39(37(40)52)59-32(5)51/h8-22,28-31,36-48,52H,23-27H2,1-7H3/t28?,29?,30-,31?,36+,37?,38?,39-,40?,41-,42?,43?,44?,45-,46-,47-,48-,50-/m0/s1. The van der Waals surface area contributed by atoms with E-state index in [1.807, 2.05) is 119 Å². The van der Waals surface area contributed by atoms with Crippen LogP contribution in [0.15, 0.2) is 91.0 Å². The number of aliphatic hydroxyl groups excluding tert-OH is 1. The van der Waals surface area contributed by atoms with E-state index >= 15 is 0 Å². The third kappa shape index (κ3) is 10.3. The average Bonchev–Trinajstić information content (AvgIpc) is 3.95. The first-order chi connectivity index (χ1) is 31.8. The molecule has 0 radical (unpaired) electrons. The third-order valence-electron chi connectivity index (χ3n) is 13.2. The number of esters is 1. The van der Waals surface area contributed by atoms with Crippen LogP contribution in [0.25, 0.3) is 0 Å². The summed E-state index contributed by atoms with van der Waals surface area (Å²) < 4.78 is 90.8. The van der Waals surface area contributed by atoms with Gasteiger partial charge in [-0.1, -0.05) is 97.9 Å². The molecule has 6 heterocycles. The van der Waals surface area contributed by atoms with Crippen LogP contribution in [0.4, 0.5) is 0 Å². The largest absolute Gasteiger partial charge is 0.457 e. The highest BCUT2D eigenvalue weighted by Gasteiger charge is 2.62. The van der Waals surface area contributed by atoms with Crippen molar-refractivity contribution in [2.24, 2.45) is 5.92 Å². The van der Waals surface area contributed by atoms with Crippen molar-refractivity contribution < 1.29 is 76.2 Å². The smallest absolute Gasteiger partial charge is 0.303 e. The Morgan fingerprint density at radius 2 is 1.27 bits per heavy atom. The first-order valence-electron chi connectivity index (χ1n) is 23.1. The number of benzene rings is 3. The van der Waals surface area contributed by atoms with Crippen molar-refractivity contribution >= 4 is 5.97 Å². The summed E-state index contributed by atoms with van der Waals surface area (Å²) in [5, 5.41) is 11.4. The van der Waals surface area contributed by atoms with Crippen LogP contribution in [0.3, 0.4) is 0 Å². The molecule has 3 aromatic carbocycles. The van der Waals surface area contributed by atoms with Gasteiger partial charge < -0.3 is 71.4 Å². The van der Waals surface area contributed by atoms with Crippen LogP contribution < -0.4 is 0 Å². The zero-order valence-electron chi connectivity index (χ0n) is 38.6. The average molecular weight is 921 g/mol. The molecule has 6 aliphatic rings. The van der Waals surface area contributed by atoms with Crippen molar-refractivity contribution in [3.63, 3.8) is 0 Å². The van der Waals surface area contributed by atoms with Crippen molar-refractivity contribution in [1.29, 1.82) is 0 Å². The molecular weight excluding hydrogens is 857 g/mol.